The van der Waals surface area contributed by atoms with Crippen molar-refractivity contribution < 1.29 is 9.59 Å². The molecule has 0 unspecified atom stereocenters. The van der Waals surface area contributed by atoms with E-state index in [2.05, 4.69) is 10.6 Å². The number of nitrogens with one attached hydrogen (secondary N) is 2. The van der Waals surface area contributed by atoms with Gasteiger partial charge in [-0.05, 0) is 56.6 Å². The van der Waals surface area contributed by atoms with E-state index >= 15 is 0 Å². The molecule has 2 aliphatic heterocycles. The fourth-order valence-corrected chi connectivity index (χ4v) is 4.11. The van der Waals surface area contributed by atoms with Crippen LogP contribution in [0.1, 0.15) is 28.8 Å². The summed E-state index contributed by atoms with van der Waals surface area (Å²) >= 11 is 1.89. The number of carbonyl (C=O) groups is 2. The van der Waals surface area contributed by atoms with E-state index in [0.29, 0.717) is 5.56 Å². The van der Waals surface area contributed by atoms with Gasteiger partial charge in [0, 0.05) is 41.8 Å². The molecule has 3 rings (SSSR count). The maximum Gasteiger partial charge on any atom is 0.253 e. The molecule has 25 heavy (non-hydrogen) atoms. The highest BCUT2D eigenvalue weighted by Crippen LogP contribution is 2.21. The summed E-state index contributed by atoms with van der Waals surface area (Å²) in [6.07, 6.45) is 1.77. The number of nitrogens with zero attached hydrogens (tertiary/aromatic N) is 1. The molecule has 1 aromatic carbocycles. The Hall–Kier alpha value is -1.24. The number of halogens is 1. The van der Waals surface area contributed by atoms with Crippen LogP contribution in [0.2, 0.25) is 0 Å². The third-order valence-corrected chi connectivity index (χ3v) is 5.68. The molecule has 0 saturated carbocycles. The Morgan fingerprint density at radius 3 is 2.52 bits per heavy atom. The molecule has 0 aliphatic carbocycles. The number of amides is 2. The first-order valence-electron chi connectivity index (χ1n) is 8.64. The molecule has 0 bridgehead atoms. The Balaban J connectivity index is 0.00000225. The van der Waals surface area contributed by atoms with Crippen molar-refractivity contribution in [2.45, 2.75) is 19.8 Å². The second-order valence-corrected chi connectivity index (χ2v) is 7.67. The fourth-order valence-electron chi connectivity index (χ4n) is 3.20. The molecule has 2 saturated heterocycles. The van der Waals surface area contributed by atoms with Crippen molar-refractivity contribution in [2.75, 3.05) is 43.0 Å². The van der Waals surface area contributed by atoms with Gasteiger partial charge in [-0.3, -0.25) is 9.59 Å². The largest absolute Gasteiger partial charge is 0.337 e. The van der Waals surface area contributed by atoms with Gasteiger partial charge in [-0.2, -0.15) is 11.8 Å². The van der Waals surface area contributed by atoms with Gasteiger partial charge in [0.25, 0.3) is 5.91 Å². The van der Waals surface area contributed by atoms with Gasteiger partial charge >= 0.3 is 0 Å². The molecular weight excluding hydrogens is 358 g/mol. The number of hydrogen-bond acceptors (Lipinski definition) is 4. The van der Waals surface area contributed by atoms with E-state index in [-0.39, 0.29) is 30.1 Å². The second-order valence-electron chi connectivity index (χ2n) is 6.45. The SMILES string of the molecule is Cc1cc(C(=O)N2CCSCC2)ccc1NC(=O)C1CCNCC1.Cl. The molecule has 0 radical (unpaired) electrons. The molecule has 138 valence electrons. The molecule has 2 aliphatic rings. The van der Waals surface area contributed by atoms with Crippen LogP contribution in [-0.2, 0) is 4.79 Å². The van der Waals surface area contributed by atoms with Crippen LogP contribution in [0.15, 0.2) is 18.2 Å². The highest BCUT2D eigenvalue weighted by Gasteiger charge is 2.22. The van der Waals surface area contributed by atoms with Crippen LogP contribution >= 0.6 is 24.2 Å². The number of carbonyl (C=O) groups excluding carboxylic acids is 2. The van der Waals surface area contributed by atoms with Crippen molar-refractivity contribution in [3.63, 3.8) is 0 Å². The first-order valence-corrected chi connectivity index (χ1v) is 9.80. The Morgan fingerprint density at radius 2 is 1.88 bits per heavy atom. The van der Waals surface area contributed by atoms with Gasteiger partial charge in [0.15, 0.2) is 0 Å². The van der Waals surface area contributed by atoms with Crippen LogP contribution in [0, 0.1) is 12.8 Å². The number of benzene rings is 1. The summed E-state index contributed by atoms with van der Waals surface area (Å²) in [4.78, 5) is 26.8. The van der Waals surface area contributed by atoms with Crippen LogP contribution < -0.4 is 10.6 Å². The number of piperidine rings is 1. The van der Waals surface area contributed by atoms with Crippen LogP contribution in [0.5, 0.6) is 0 Å². The standard InChI is InChI=1S/C18H25N3O2S.ClH/c1-13-12-15(18(23)21-8-10-24-11-9-21)2-3-16(13)20-17(22)14-4-6-19-7-5-14;/h2-3,12,14,19H,4-11H2,1H3,(H,20,22);1H. The van der Waals surface area contributed by atoms with Crippen molar-refractivity contribution in [3.05, 3.63) is 29.3 Å². The summed E-state index contributed by atoms with van der Waals surface area (Å²) in [6.45, 7) is 5.38. The number of rotatable bonds is 3. The summed E-state index contributed by atoms with van der Waals surface area (Å²) in [5, 5.41) is 6.30. The van der Waals surface area contributed by atoms with Crippen molar-refractivity contribution in [2.24, 2.45) is 5.92 Å². The van der Waals surface area contributed by atoms with Crippen LogP contribution in [0.3, 0.4) is 0 Å². The van der Waals surface area contributed by atoms with Gasteiger partial charge in [0.2, 0.25) is 5.91 Å². The normalized spacial score (nSPS) is 18.4. The van der Waals surface area contributed by atoms with Gasteiger partial charge in [0.05, 0.1) is 0 Å². The monoisotopic (exact) mass is 383 g/mol. The summed E-state index contributed by atoms with van der Waals surface area (Å²) < 4.78 is 0. The zero-order valence-corrected chi connectivity index (χ0v) is 16.2. The topological polar surface area (TPSA) is 61.4 Å². The molecule has 7 heteroatoms. The van der Waals surface area contributed by atoms with Gasteiger partial charge in [-0.15, -0.1) is 12.4 Å². The molecule has 2 amide bonds. The van der Waals surface area contributed by atoms with Crippen LogP contribution in [0.4, 0.5) is 5.69 Å². The Kier molecular flexibility index (Phi) is 7.59. The lowest BCUT2D eigenvalue weighted by Crippen LogP contribution is -2.38. The Bertz CT molecular complexity index is 614. The number of hydrogen-bond donors (Lipinski definition) is 2. The molecule has 1 aromatic rings. The quantitative estimate of drug-likeness (QED) is 0.842. The minimum Gasteiger partial charge on any atom is -0.337 e. The van der Waals surface area contributed by atoms with Crippen molar-refractivity contribution >= 4 is 41.7 Å². The molecule has 0 aromatic heterocycles. The maximum atomic E-state index is 12.6. The molecule has 5 nitrogen and oxygen atoms in total. The van der Waals surface area contributed by atoms with E-state index in [1.165, 1.54) is 0 Å². The molecule has 0 atom stereocenters. The second kappa shape index (κ2) is 9.46. The van der Waals surface area contributed by atoms with Crippen molar-refractivity contribution in [1.82, 2.24) is 10.2 Å². The first kappa shape index (κ1) is 20.1. The van der Waals surface area contributed by atoms with E-state index < -0.39 is 0 Å². The van der Waals surface area contributed by atoms with E-state index in [1.807, 2.05) is 41.8 Å². The van der Waals surface area contributed by atoms with E-state index in [0.717, 1.165) is 61.8 Å². The molecule has 2 N–H and O–H groups in total. The summed E-state index contributed by atoms with van der Waals surface area (Å²) in [6, 6.07) is 5.58. The van der Waals surface area contributed by atoms with E-state index in [9.17, 15) is 9.59 Å². The molecular formula is C18H26ClN3O2S. The van der Waals surface area contributed by atoms with Gasteiger partial charge < -0.3 is 15.5 Å². The summed E-state index contributed by atoms with van der Waals surface area (Å²) in [5.74, 6) is 2.28. The zero-order valence-electron chi connectivity index (χ0n) is 14.5. The first-order chi connectivity index (χ1) is 11.6. The lowest BCUT2D eigenvalue weighted by atomic mass is 9.97. The highest BCUT2D eigenvalue weighted by molar-refractivity contribution is 7.99. The maximum absolute atomic E-state index is 12.6. The lowest BCUT2D eigenvalue weighted by molar-refractivity contribution is -0.120. The average molecular weight is 384 g/mol. The third-order valence-electron chi connectivity index (χ3n) is 4.74. The van der Waals surface area contributed by atoms with Crippen LogP contribution in [0.25, 0.3) is 0 Å². The smallest absolute Gasteiger partial charge is 0.253 e. The van der Waals surface area contributed by atoms with Gasteiger partial charge in [-0.25, -0.2) is 0 Å². The third kappa shape index (κ3) is 5.12. The molecule has 2 fully saturated rings. The minimum absolute atomic E-state index is 0. The molecule has 0 spiro atoms. The van der Waals surface area contributed by atoms with Crippen molar-refractivity contribution in [1.29, 1.82) is 0 Å². The molecule has 2 heterocycles. The highest BCUT2D eigenvalue weighted by atomic mass is 35.5. The average Bonchev–Trinajstić information content (AvgIpc) is 2.64. The number of anilines is 1. The zero-order chi connectivity index (χ0) is 16.9. The van der Waals surface area contributed by atoms with E-state index in [1.54, 1.807) is 0 Å². The summed E-state index contributed by atoms with van der Waals surface area (Å²) in [5.41, 5.74) is 2.46. The minimum atomic E-state index is 0. The fraction of sp³-hybridized carbons (Fsp3) is 0.556. The Morgan fingerprint density at radius 1 is 1.20 bits per heavy atom. The Labute approximate surface area is 159 Å². The predicted molar refractivity (Wildman–Crippen MR) is 106 cm³/mol. The van der Waals surface area contributed by atoms with Crippen LogP contribution in [-0.4, -0.2) is 54.4 Å². The van der Waals surface area contributed by atoms with Gasteiger partial charge in [0.1, 0.15) is 0 Å². The predicted octanol–water partition coefficient (Wildman–Crippen LogP) is 2.54. The van der Waals surface area contributed by atoms with E-state index in [4.69, 9.17) is 0 Å². The summed E-state index contributed by atoms with van der Waals surface area (Å²) in [7, 11) is 0. The number of aryl methyl sites for hydroxylation is 1. The van der Waals surface area contributed by atoms with Gasteiger partial charge in [-0.1, -0.05) is 0 Å². The van der Waals surface area contributed by atoms with Crippen molar-refractivity contribution in [3.8, 4) is 0 Å². The lowest BCUT2D eigenvalue weighted by Gasteiger charge is -2.26. The number of thioether (sulfide) groups is 1.